The van der Waals surface area contributed by atoms with Crippen LogP contribution in [0.25, 0.3) is 11.0 Å². The van der Waals surface area contributed by atoms with Crippen molar-refractivity contribution in [1.82, 2.24) is 14.7 Å². The first-order valence-corrected chi connectivity index (χ1v) is 7.22. The first kappa shape index (κ1) is 14.1. The average Bonchev–Trinajstić information content (AvgIpc) is 3.00. The van der Waals surface area contributed by atoms with E-state index in [-0.39, 0.29) is 17.7 Å². The zero-order valence-electron chi connectivity index (χ0n) is 12.0. The molecule has 0 fully saturated rings. The Kier molecular flexibility index (Phi) is 3.45. The van der Waals surface area contributed by atoms with Crippen LogP contribution < -0.4 is 0 Å². The molecule has 0 saturated carbocycles. The van der Waals surface area contributed by atoms with Crippen molar-refractivity contribution in [2.24, 2.45) is 0 Å². The second kappa shape index (κ2) is 5.15. The summed E-state index contributed by atoms with van der Waals surface area (Å²) in [6.07, 6.45) is 0. The zero-order chi connectivity index (χ0) is 15.1. The maximum atomic E-state index is 13.9. The fourth-order valence-corrected chi connectivity index (χ4v) is 3.06. The Balaban J connectivity index is 2.26. The number of aryl methyl sites for hydroxylation is 2. The minimum absolute atomic E-state index is 0.0863. The topological polar surface area (TPSA) is 43.9 Å². The molecule has 0 N–H and O–H groups in total. The Labute approximate surface area is 126 Å². The van der Waals surface area contributed by atoms with Crippen LogP contribution in [0.5, 0.6) is 0 Å². The van der Waals surface area contributed by atoms with E-state index in [1.165, 1.54) is 6.07 Å². The lowest BCUT2D eigenvalue weighted by Gasteiger charge is -2.17. The molecule has 2 aromatic heterocycles. The minimum atomic E-state index is -0.344. The molecule has 4 nitrogen and oxygen atoms in total. The van der Waals surface area contributed by atoms with E-state index in [1.807, 2.05) is 31.4 Å². The van der Waals surface area contributed by atoms with E-state index in [2.05, 4.69) is 10.1 Å². The summed E-state index contributed by atoms with van der Waals surface area (Å²) in [6, 6.07) is 4.83. The summed E-state index contributed by atoms with van der Waals surface area (Å²) in [5.74, 6) is 1.24. The van der Waals surface area contributed by atoms with Crippen molar-refractivity contribution in [3.05, 3.63) is 46.9 Å². The maximum Gasteiger partial charge on any atom is 0.151 e. The number of benzene rings is 1. The van der Waals surface area contributed by atoms with Gasteiger partial charge in [0.25, 0.3) is 0 Å². The summed E-state index contributed by atoms with van der Waals surface area (Å²) in [5, 5.41) is 3.98. The summed E-state index contributed by atoms with van der Waals surface area (Å²) in [5.41, 5.74) is 2.86. The van der Waals surface area contributed by atoms with Crippen molar-refractivity contribution >= 4 is 22.6 Å². The highest BCUT2D eigenvalue weighted by Crippen LogP contribution is 2.31. The van der Waals surface area contributed by atoms with Gasteiger partial charge >= 0.3 is 0 Å². The van der Waals surface area contributed by atoms with Crippen LogP contribution >= 0.6 is 11.6 Å². The monoisotopic (exact) mass is 307 g/mol. The predicted octanol–water partition coefficient (Wildman–Crippen LogP) is 4.13. The van der Waals surface area contributed by atoms with Gasteiger partial charge < -0.3 is 9.09 Å². The fraction of sp³-hybridized carbons (Fsp3) is 0.333. The molecule has 0 radical (unpaired) electrons. The van der Waals surface area contributed by atoms with Gasteiger partial charge in [0.1, 0.15) is 17.1 Å². The Hall–Kier alpha value is -1.88. The molecule has 0 aliphatic carbocycles. The van der Waals surface area contributed by atoms with Crippen molar-refractivity contribution in [3.63, 3.8) is 0 Å². The molecule has 0 spiro atoms. The average molecular weight is 308 g/mol. The highest BCUT2D eigenvalue weighted by Gasteiger charge is 2.23. The molecule has 3 rings (SSSR count). The zero-order valence-corrected chi connectivity index (χ0v) is 12.8. The Morgan fingerprint density at radius 2 is 2.14 bits per heavy atom. The van der Waals surface area contributed by atoms with E-state index in [9.17, 15) is 4.39 Å². The van der Waals surface area contributed by atoms with Crippen LogP contribution in [0.4, 0.5) is 4.39 Å². The number of alkyl halides is 1. The molecule has 0 bridgehead atoms. The van der Waals surface area contributed by atoms with Gasteiger partial charge in [-0.1, -0.05) is 11.2 Å². The summed E-state index contributed by atoms with van der Waals surface area (Å²) in [7, 11) is 0. The number of hydrogen-bond donors (Lipinski definition) is 0. The largest absolute Gasteiger partial charge is 0.361 e. The molecule has 0 aliphatic heterocycles. The molecule has 2 heterocycles. The van der Waals surface area contributed by atoms with Crippen LogP contribution in [0.15, 0.2) is 22.7 Å². The predicted molar refractivity (Wildman–Crippen MR) is 79.0 cm³/mol. The van der Waals surface area contributed by atoms with E-state index in [0.29, 0.717) is 11.3 Å². The van der Waals surface area contributed by atoms with Gasteiger partial charge in [0.2, 0.25) is 0 Å². The SMILES string of the molecule is Cc1noc(C)c1C(C)n1c(CCl)nc2c(F)cccc21. The van der Waals surface area contributed by atoms with Gasteiger partial charge in [-0.15, -0.1) is 11.6 Å². The number of aromatic nitrogens is 3. The van der Waals surface area contributed by atoms with E-state index in [4.69, 9.17) is 16.1 Å². The molecule has 110 valence electrons. The van der Waals surface area contributed by atoms with Crippen molar-refractivity contribution in [1.29, 1.82) is 0 Å². The molecule has 3 aromatic rings. The molecular weight excluding hydrogens is 293 g/mol. The van der Waals surface area contributed by atoms with Gasteiger partial charge in [0, 0.05) is 5.56 Å². The first-order valence-electron chi connectivity index (χ1n) is 6.68. The minimum Gasteiger partial charge on any atom is -0.361 e. The van der Waals surface area contributed by atoms with Crippen molar-refractivity contribution in [2.75, 3.05) is 0 Å². The van der Waals surface area contributed by atoms with Gasteiger partial charge in [0.15, 0.2) is 5.82 Å². The van der Waals surface area contributed by atoms with Gasteiger partial charge in [-0.25, -0.2) is 9.37 Å². The first-order chi connectivity index (χ1) is 10.0. The van der Waals surface area contributed by atoms with Crippen LogP contribution in [-0.2, 0) is 5.88 Å². The summed E-state index contributed by atoms with van der Waals surface area (Å²) >= 11 is 6.00. The molecule has 21 heavy (non-hydrogen) atoms. The molecule has 1 atom stereocenters. The standard InChI is InChI=1S/C15H15ClFN3O/c1-8-14(10(3)21-19-8)9(2)20-12-6-4-5-11(17)15(12)18-13(20)7-16/h4-6,9H,7H2,1-3H3. The lowest BCUT2D eigenvalue weighted by Crippen LogP contribution is -2.11. The smallest absolute Gasteiger partial charge is 0.151 e. The Bertz CT molecular complexity index is 789. The fourth-order valence-electron chi connectivity index (χ4n) is 2.87. The van der Waals surface area contributed by atoms with Crippen LogP contribution in [0.2, 0.25) is 0 Å². The lowest BCUT2D eigenvalue weighted by molar-refractivity contribution is 0.391. The molecule has 0 amide bonds. The highest BCUT2D eigenvalue weighted by molar-refractivity contribution is 6.16. The lowest BCUT2D eigenvalue weighted by atomic mass is 10.1. The van der Waals surface area contributed by atoms with Crippen molar-refractivity contribution in [3.8, 4) is 0 Å². The second-order valence-corrected chi connectivity index (χ2v) is 5.32. The summed E-state index contributed by atoms with van der Waals surface area (Å²) < 4.78 is 21.1. The molecular formula is C15H15ClFN3O. The second-order valence-electron chi connectivity index (χ2n) is 5.05. The van der Waals surface area contributed by atoms with E-state index in [0.717, 1.165) is 22.5 Å². The third-order valence-electron chi connectivity index (χ3n) is 3.76. The molecule has 1 aromatic carbocycles. The van der Waals surface area contributed by atoms with Gasteiger partial charge in [-0.3, -0.25) is 0 Å². The molecule has 0 aliphatic rings. The number of rotatable bonds is 3. The summed E-state index contributed by atoms with van der Waals surface area (Å²) in [4.78, 5) is 4.33. The normalized spacial score (nSPS) is 13.0. The van der Waals surface area contributed by atoms with Crippen LogP contribution in [-0.4, -0.2) is 14.7 Å². The van der Waals surface area contributed by atoms with Crippen LogP contribution in [0.1, 0.15) is 35.8 Å². The van der Waals surface area contributed by atoms with Crippen molar-refractivity contribution < 1.29 is 8.91 Å². The highest BCUT2D eigenvalue weighted by atomic mass is 35.5. The number of fused-ring (bicyclic) bond motifs is 1. The van der Waals surface area contributed by atoms with Gasteiger partial charge in [-0.2, -0.15) is 0 Å². The van der Waals surface area contributed by atoms with E-state index < -0.39 is 0 Å². The number of para-hydroxylation sites is 1. The number of halogens is 2. The van der Waals surface area contributed by atoms with Crippen molar-refractivity contribution in [2.45, 2.75) is 32.7 Å². The van der Waals surface area contributed by atoms with E-state index in [1.54, 1.807) is 6.07 Å². The molecule has 0 saturated heterocycles. The maximum absolute atomic E-state index is 13.9. The third-order valence-corrected chi connectivity index (χ3v) is 4.00. The Morgan fingerprint density at radius 3 is 2.76 bits per heavy atom. The van der Waals surface area contributed by atoms with Crippen LogP contribution in [0.3, 0.4) is 0 Å². The number of imidazole rings is 1. The van der Waals surface area contributed by atoms with Gasteiger partial charge in [0.05, 0.1) is 23.1 Å². The quantitative estimate of drug-likeness (QED) is 0.683. The third kappa shape index (κ3) is 2.12. The number of hydrogen-bond acceptors (Lipinski definition) is 3. The van der Waals surface area contributed by atoms with E-state index >= 15 is 0 Å². The van der Waals surface area contributed by atoms with Gasteiger partial charge in [-0.05, 0) is 32.9 Å². The summed E-state index contributed by atoms with van der Waals surface area (Å²) in [6.45, 7) is 5.77. The van der Waals surface area contributed by atoms with Crippen LogP contribution in [0, 0.1) is 19.7 Å². The molecule has 6 heteroatoms. The molecule has 1 unspecified atom stereocenters. The number of nitrogens with zero attached hydrogens (tertiary/aromatic N) is 3. The Morgan fingerprint density at radius 1 is 1.38 bits per heavy atom.